The van der Waals surface area contributed by atoms with Crippen molar-refractivity contribution in [3.05, 3.63) is 35.6 Å². The van der Waals surface area contributed by atoms with E-state index in [1.54, 1.807) is 19.1 Å². The van der Waals surface area contributed by atoms with E-state index in [2.05, 4.69) is 10.2 Å². The van der Waals surface area contributed by atoms with Crippen molar-refractivity contribution >= 4 is 17.2 Å². The largest absolute Gasteiger partial charge is 0.389 e. The molecule has 1 aliphatic heterocycles. The Bertz CT molecular complexity index is 676. The van der Waals surface area contributed by atoms with Crippen LogP contribution < -0.4 is 0 Å². The first kappa shape index (κ1) is 15.0. The van der Waals surface area contributed by atoms with Gasteiger partial charge in [-0.15, -0.1) is 0 Å². The third-order valence-corrected chi connectivity index (χ3v) is 4.77. The molecular weight excluding hydrogens is 283 g/mol. The SMILES string of the molecule is CC(=O)[C@@H]1[C@H](c2ccc(F)cc2)[C@H]2C(C)=NN=C2C[C@@]1(C)O. The van der Waals surface area contributed by atoms with Gasteiger partial charge in [-0.05, 0) is 38.5 Å². The van der Waals surface area contributed by atoms with Gasteiger partial charge in [0, 0.05) is 24.0 Å². The first-order chi connectivity index (χ1) is 10.3. The van der Waals surface area contributed by atoms with E-state index in [0.29, 0.717) is 6.42 Å². The molecule has 0 aromatic heterocycles. The van der Waals surface area contributed by atoms with Crippen molar-refractivity contribution in [1.29, 1.82) is 0 Å². The van der Waals surface area contributed by atoms with Crippen LogP contribution in [0.5, 0.6) is 0 Å². The van der Waals surface area contributed by atoms with Gasteiger partial charge in [-0.25, -0.2) is 4.39 Å². The highest BCUT2D eigenvalue weighted by atomic mass is 19.1. The number of carbonyl (C=O) groups is 1. The molecule has 4 atom stereocenters. The predicted octanol–water partition coefficient (Wildman–Crippen LogP) is 2.72. The van der Waals surface area contributed by atoms with Gasteiger partial charge < -0.3 is 5.11 Å². The zero-order chi connectivity index (χ0) is 16.1. The normalized spacial score (nSPS) is 34.0. The molecule has 22 heavy (non-hydrogen) atoms. The Kier molecular flexibility index (Phi) is 3.48. The Balaban J connectivity index is 2.14. The molecule has 2 aliphatic rings. The number of aliphatic hydroxyl groups is 1. The van der Waals surface area contributed by atoms with Crippen LogP contribution >= 0.6 is 0 Å². The predicted molar refractivity (Wildman–Crippen MR) is 82.6 cm³/mol. The summed E-state index contributed by atoms with van der Waals surface area (Å²) >= 11 is 0. The lowest BCUT2D eigenvalue weighted by Crippen LogP contribution is -2.53. The number of benzene rings is 1. The van der Waals surface area contributed by atoms with E-state index in [0.717, 1.165) is 17.0 Å². The van der Waals surface area contributed by atoms with Crippen LogP contribution in [0.25, 0.3) is 0 Å². The number of halogens is 1. The quantitative estimate of drug-likeness (QED) is 0.913. The lowest BCUT2D eigenvalue weighted by atomic mass is 9.59. The molecule has 1 fully saturated rings. The maximum atomic E-state index is 13.2. The van der Waals surface area contributed by atoms with E-state index in [1.165, 1.54) is 19.1 Å². The second-order valence-electron chi connectivity index (χ2n) is 6.51. The van der Waals surface area contributed by atoms with E-state index >= 15 is 0 Å². The highest BCUT2D eigenvalue weighted by Crippen LogP contribution is 2.48. The number of rotatable bonds is 2. The van der Waals surface area contributed by atoms with E-state index < -0.39 is 11.5 Å². The number of hydrogen-bond donors (Lipinski definition) is 1. The molecule has 0 radical (unpaired) electrons. The fraction of sp³-hybridized carbons (Fsp3) is 0.471. The molecule has 0 unspecified atom stereocenters. The van der Waals surface area contributed by atoms with Crippen molar-refractivity contribution in [1.82, 2.24) is 0 Å². The van der Waals surface area contributed by atoms with E-state index in [-0.39, 0.29) is 23.4 Å². The van der Waals surface area contributed by atoms with Gasteiger partial charge in [0.05, 0.1) is 17.2 Å². The highest BCUT2D eigenvalue weighted by Gasteiger charge is 2.53. The third-order valence-electron chi connectivity index (χ3n) is 4.77. The molecule has 0 bridgehead atoms. The molecular formula is C17H19FN2O2. The number of nitrogens with zero attached hydrogens (tertiary/aromatic N) is 2. The highest BCUT2D eigenvalue weighted by molar-refractivity contribution is 6.12. The number of carbonyl (C=O) groups excluding carboxylic acids is 1. The number of hydrogen-bond acceptors (Lipinski definition) is 4. The van der Waals surface area contributed by atoms with Crippen molar-refractivity contribution in [2.45, 2.75) is 38.7 Å². The van der Waals surface area contributed by atoms with Crippen LogP contribution in [0.1, 0.15) is 38.7 Å². The van der Waals surface area contributed by atoms with Crippen LogP contribution in [0.3, 0.4) is 0 Å². The lowest BCUT2D eigenvalue weighted by molar-refractivity contribution is -0.131. The Labute approximate surface area is 128 Å². The summed E-state index contributed by atoms with van der Waals surface area (Å²) in [5, 5.41) is 19.1. The molecule has 1 aromatic rings. The molecule has 0 saturated heterocycles. The second-order valence-corrected chi connectivity index (χ2v) is 6.51. The molecule has 1 N–H and O–H groups in total. The first-order valence-electron chi connectivity index (χ1n) is 7.40. The standard InChI is InChI=1S/C17H19FN2O2/c1-9-14-13(20-19-9)8-17(3,22)16(10(2)21)15(14)11-4-6-12(18)7-5-11/h4-7,14-16,22H,8H2,1-3H3/t14-,15+,16+,17+/m0/s1. The Hall–Kier alpha value is -1.88. The van der Waals surface area contributed by atoms with Crippen LogP contribution in [-0.2, 0) is 4.79 Å². The molecule has 5 heteroatoms. The average Bonchev–Trinajstić information content (AvgIpc) is 2.77. The van der Waals surface area contributed by atoms with Crippen molar-refractivity contribution in [3.8, 4) is 0 Å². The summed E-state index contributed by atoms with van der Waals surface area (Å²) in [4.78, 5) is 12.2. The smallest absolute Gasteiger partial charge is 0.136 e. The zero-order valence-electron chi connectivity index (χ0n) is 12.9. The number of fused-ring (bicyclic) bond motifs is 1. The van der Waals surface area contributed by atoms with Crippen LogP contribution in [-0.4, -0.2) is 27.9 Å². The summed E-state index contributed by atoms with van der Waals surface area (Å²) in [5.74, 6) is -1.33. The van der Waals surface area contributed by atoms with Gasteiger partial charge in [0.15, 0.2) is 0 Å². The average molecular weight is 302 g/mol. The van der Waals surface area contributed by atoms with Gasteiger partial charge in [-0.3, -0.25) is 4.79 Å². The van der Waals surface area contributed by atoms with Crippen LogP contribution in [0.15, 0.2) is 34.5 Å². The number of ketones is 1. The van der Waals surface area contributed by atoms with Crippen molar-refractivity contribution < 1.29 is 14.3 Å². The number of Topliss-reactive ketones (excluding diaryl/α,β-unsaturated/α-hetero) is 1. The van der Waals surface area contributed by atoms with Gasteiger partial charge >= 0.3 is 0 Å². The molecule has 1 aromatic carbocycles. The van der Waals surface area contributed by atoms with Crippen molar-refractivity contribution in [2.24, 2.45) is 22.0 Å². The molecule has 0 amide bonds. The molecule has 0 spiro atoms. The van der Waals surface area contributed by atoms with Gasteiger partial charge in [0.1, 0.15) is 11.6 Å². The lowest BCUT2D eigenvalue weighted by Gasteiger charge is -2.45. The Morgan fingerprint density at radius 2 is 1.95 bits per heavy atom. The summed E-state index contributed by atoms with van der Waals surface area (Å²) in [6.07, 6.45) is 0.334. The van der Waals surface area contributed by atoms with Gasteiger partial charge in [0.25, 0.3) is 0 Å². The monoisotopic (exact) mass is 302 g/mol. The minimum Gasteiger partial charge on any atom is -0.389 e. The fourth-order valence-electron chi connectivity index (χ4n) is 3.94. The maximum Gasteiger partial charge on any atom is 0.136 e. The molecule has 1 aliphatic carbocycles. The summed E-state index contributed by atoms with van der Waals surface area (Å²) < 4.78 is 13.2. The topological polar surface area (TPSA) is 62.0 Å². The summed E-state index contributed by atoms with van der Waals surface area (Å²) in [6.45, 7) is 5.05. The zero-order valence-corrected chi connectivity index (χ0v) is 12.9. The molecule has 1 heterocycles. The second kappa shape index (κ2) is 5.09. The van der Waals surface area contributed by atoms with Gasteiger partial charge in [-0.2, -0.15) is 10.2 Å². The van der Waals surface area contributed by atoms with E-state index in [4.69, 9.17) is 0 Å². The minimum absolute atomic E-state index is 0.0712. The van der Waals surface area contributed by atoms with E-state index in [1.807, 2.05) is 6.92 Å². The van der Waals surface area contributed by atoms with Crippen LogP contribution in [0.2, 0.25) is 0 Å². The summed E-state index contributed by atoms with van der Waals surface area (Å²) in [5.41, 5.74) is 1.29. The first-order valence-corrected chi connectivity index (χ1v) is 7.40. The van der Waals surface area contributed by atoms with E-state index in [9.17, 15) is 14.3 Å². The fourth-order valence-corrected chi connectivity index (χ4v) is 3.94. The van der Waals surface area contributed by atoms with Gasteiger partial charge in [-0.1, -0.05) is 12.1 Å². The summed E-state index contributed by atoms with van der Waals surface area (Å²) in [6, 6.07) is 6.13. The van der Waals surface area contributed by atoms with Crippen LogP contribution in [0, 0.1) is 17.7 Å². The third kappa shape index (κ3) is 2.29. The molecule has 1 saturated carbocycles. The van der Waals surface area contributed by atoms with Crippen molar-refractivity contribution in [3.63, 3.8) is 0 Å². The minimum atomic E-state index is -1.18. The molecule has 4 nitrogen and oxygen atoms in total. The Morgan fingerprint density at radius 3 is 2.55 bits per heavy atom. The summed E-state index contributed by atoms with van der Waals surface area (Å²) in [7, 11) is 0. The Morgan fingerprint density at radius 1 is 1.32 bits per heavy atom. The maximum absolute atomic E-state index is 13.2. The van der Waals surface area contributed by atoms with Crippen molar-refractivity contribution in [2.75, 3.05) is 0 Å². The van der Waals surface area contributed by atoms with Gasteiger partial charge in [0.2, 0.25) is 0 Å². The molecule has 116 valence electrons. The van der Waals surface area contributed by atoms with Crippen LogP contribution in [0.4, 0.5) is 4.39 Å². The molecule has 3 rings (SSSR count).